The third-order valence-corrected chi connectivity index (χ3v) is 16.2. The summed E-state index contributed by atoms with van der Waals surface area (Å²) in [6, 6.07) is 64.9. The zero-order valence-corrected chi connectivity index (χ0v) is 36.2. The minimum Gasteiger partial charge on any atom is -0.508 e. The predicted molar refractivity (Wildman–Crippen MR) is 256 cm³/mol. The molecule has 0 saturated heterocycles. The molecule has 0 bridgehead atoms. The molecule has 314 valence electrons. The SMILES string of the molecule is O=C(O)CCSSC(CC(=O)O)(c1ccc(C2(c3ccc(O)cc3)c3ccccc3-c3ccccc32)cc1)c1ccc(C2(c3ccc(O)cc3)c3ccccc3-c3ccccc32)cc1. The number of hydrogen-bond acceptors (Lipinski definition) is 6. The molecule has 0 saturated carbocycles. The number of carboxylic acids is 2. The quantitative estimate of drug-likeness (QED) is 0.0669. The summed E-state index contributed by atoms with van der Waals surface area (Å²) in [5.74, 6) is -1.28. The van der Waals surface area contributed by atoms with Crippen LogP contribution in [0.15, 0.2) is 194 Å². The van der Waals surface area contributed by atoms with E-state index in [2.05, 4.69) is 97.1 Å². The highest BCUT2D eigenvalue weighted by Gasteiger charge is 2.48. The number of phenols is 2. The Labute approximate surface area is 379 Å². The monoisotopic (exact) mass is 874 g/mol. The standard InChI is InChI=1S/C56H42O6S2/c57-42-29-25-40(26-30-42)55(48-13-5-1-9-44(48)45-10-2-6-14-49(45)55)38-21-17-36(18-22-38)54(35-53(61)62,64-63-34-33-52(59)60)37-19-23-39(24-20-37)56(41-27-31-43(58)32-28-41)50-15-7-3-11-46(50)47-12-4-8-16-51(47)56/h1-32,57-58H,33-35H2,(H,59,60)(H,61,62). The first-order chi connectivity index (χ1) is 31.2. The second kappa shape index (κ2) is 16.3. The Kier molecular flexibility index (Phi) is 10.4. The fourth-order valence-electron chi connectivity index (χ4n) is 10.4. The van der Waals surface area contributed by atoms with Crippen LogP contribution in [0.3, 0.4) is 0 Å². The summed E-state index contributed by atoms with van der Waals surface area (Å²) < 4.78 is -1.14. The van der Waals surface area contributed by atoms with Crippen LogP contribution in [0.2, 0.25) is 0 Å². The lowest BCUT2D eigenvalue weighted by atomic mass is 9.67. The van der Waals surface area contributed by atoms with Crippen LogP contribution in [0.1, 0.15) is 68.5 Å². The first-order valence-electron chi connectivity index (χ1n) is 21.1. The molecule has 8 aromatic rings. The Morgan fingerprint density at radius 3 is 1.05 bits per heavy atom. The third-order valence-electron chi connectivity index (χ3n) is 13.1. The van der Waals surface area contributed by atoms with Crippen LogP contribution in [0.4, 0.5) is 0 Å². The normalized spacial score (nSPS) is 13.9. The summed E-state index contributed by atoms with van der Waals surface area (Å²) in [6.45, 7) is 0. The maximum atomic E-state index is 13.2. The van der Waals surface area contributed by atoms with Gasteiger partial charge in [0, 0.05) is 5.75 Å². The summed E-state index contributed by atoms with van der Waals surface area (Å²) >= 11 is 0. The molecule has 0 aromatic heterocycles. The number of aromatic hydroxyl groups is 2. The molecule has 8 aromatic carbocycles. The summed E-state index contributed by atoms with van der Waals surface area (Å²) in [6.07, 6.45) is -0.333. The Bertz CT molecular complexity index is 2770. The van der Waals surface area contributed by atoms with Crippen molar-refractivity contribution in [1.82, 2.24) is 0 Å². The first-order valence-corrected chi connectivity index (χ1v) is 23.4. The topological polar surface area (TPSA) is 115 Å². The minimum atomic E-state index is -1.14. The van der Waals surface area contributed by atoms with Gasteiger partial charge in [-0.2, -0.15) is 0 Å². The van der Waals surface area contributed by atoms with E-state index in [9.17, 15) is 30.0 Å². The van der Waals surface area contributed by atoms with Crippen molar-refractivity contribution in [3.63, 3.8) is 0 Å². The van der Waals surface area contributed by atoms with Crippen LogP contribution in [0.25, 0.3) is 22.3 Å². The summed E-state index contributed by atoms with van der Waals surface area (Å²) in [5, 5.41) is 41.2. The van der Waals surface area contributed by atoms with Crippen molar-refractivity contribution in [3.8, 4) is 33.8 Å². The van der Waals surface area contributed by atoms with Crippen LogP contribution in [-0.2, 0) is 25.2 Å². The van der Waals surface area contributed by atoms with Crippen LogP contribution in [0.5, 0.6) is 11.5 Å². The van der Waals surface area contributed by atoms with Crippen molar-refractivity contribution in [3.05, 3.63) is 250 Å². The second-order valence-corrected chi connectivity index (χ2v) is 19.1. The van der Waals surface area contributed by atoms with Crippen molar-refractivity contribution in [2.75, 3.05) is 5.75 Å². The van der Waals surface area contributed by atoms with Crippen molar-refractivity contribution in [2.45, 2.75) is 28.4 Å². The van der Waals surface area contributed by atoms with E-state index in [1.165, 1.54) is 21.6 Å². The van der Waals surface area contributed by atoms with Gasteiger partial charge < -0.3 is 20.4 Å². The molecule has 0 atom stereocenters. The number of rotatable bonds is 13. The van der Waals surface area contributed by atoms with Gasteiger partial charge in [-0.05, 0) is 102 Å². The number of aliphatic carboxylic acids is 2. The van der Waals surface area contributed by atoms with E-state index in [4.69, 9.17) is 0 Å². The average Bonchev–Trinajstić information content (AvgIpc) is 3.79. The number of fused-ring (bicyclic) bond motifs is 6. The minimum absolute atomic E-state index is 0.0688. The maximum absolute atomic E-state index is 13.2. The third kappa shape index (κ3) is 6.42. The Balaban J connectivity index is 1.15. The molecule has 0 aliphatic heterocycles. The number of hydrogen-bond donors (Lipinski definition) is 4. The second-order valence-electron chi connectivity index (χ2n) is 16.4. The van der Waals surface area contributed by atoms with Crippen LogP contribution in [-0.4, -0.2) is 38.1 Å². The van der Waals surface area contributed by atoms with Gasteiger partial charge in [0.1, 0.15) is 11.5 Å². The number of carboxylic acid groups (broad SMARTS) is 2. The Morgan fingerprint density at radius 2 is 0.734 bits per heavy atom. The van der Waals surface area contributed by atoms with Crippen molar-refractivity contribution < 1.29 is 30.0 Å². The molecule has 8 heteroatoms. The number of phenolic OH excluding ortho intramolecular Hbond substituents is 2. The van der Waals surface area contributed by atoms with Crippen molar-refractivity contribution in [2.24, 2.45) is 0 Å². The summed E-state index contributed by atoms with van der Waals surface area (Å²) in [4.78, 5) is 24.9. The summed E-state index contributed by atoms with van der Waals surface area (Å²) in [7, 11) is 2.75. The van der Waals surface area contributed by atoms with Crippen LogP contribution < -0.4 is 0 Å². The molecule has 6 nitrogen and oxygen atoms in total. The van der Waals surface area contributed by atoms with Crippen LogP contribution >= 0.6 is 21.6 Å². The molecular weight excluding hydrogens is 833 g/mol. The van der Waals surface area contributed by atoms with Gasteiger partial charge in [0.15, 0.2) is 0 Å². The lowest BCUT2D eigenvalue weighted by Crippen LogP contribution is -2.30. The maximum Gasteiger partial charge on any atom is 0.305 e. The van der Waals surface area contributed by atoms with E-state index >= 15 is 0 Å². The molecule has 0 fully saturated rings. The van der Waals surface area contributed by atoms with E-state index in [-0.39, 0.29) is 30.1 Å². The predicted octanol–water partition coefficient (Wildman–Crippen LogP) is 12.4. The molecule has 10 rings (SSSR count). The molecule has 0 amide bonds. The smallest absolute Gasteiger partial charge is 0.305 e. The van der Waals surface area contributed by atoms with Gasteiger partial charge >= 0.3 is 11.9 Å². The highest BCUT2D eigenvalue weighted by Crippen LogP contribution is 2.59. The average molecular weight is 875 g/mol. The zero-order valence-electron chi connectivity index (χ0n) is 34.5. The highest BCUT2D eigenvalue weighted by atomic mass is 33.1. The Hall–Kier alpha value is -7.00. The van der Waals surface area contributed by atoms with Gasteiger partial charge in [-0.25, -0.2) is 0 Å². The van der Waals surface area contributed by atoms with Gasteiger partial charge in [-0.15, -0.1) is 0 Å². The fraction of sp³-hybridized carbons (Fsp3) is 0.107. The van der Waals surface area contributed by atoms with Crippen molar-refractivity contribution in [1.29, 1.82) is 0 Å². The molecule has 0 heterocycles. The van der Waals surface area contributed by atoms with Gasteiger partial charge in [0.25, 0.3) is 0 Å². The van der Waals surface area contributed by atoms with E-state index in [0.29, 0.717) is 0 Å². The fourth-order valence-corrected chi connectivity index (χ4v) is 13.5. The molecule has 2 aliphatic rings. The number of benzene rings is 8. The molecule has 64 heavy (non-hydrogen) atoms. The van der Waals surface area contributed by atoms with Crippen molar-refractivity contribution >= 4 is 33.5 Å². The molecule has 2 aliphatic carbocycles. The lowest BCUT2D eigenvalue weighted by molar-refractivity contribution is -0.138. The molecular formula is C56H42O6S2. The number of carbonyl (C=O) groups is 2. The lowest BCUT2D eigenvalue weighted by Gasteiger charge is -2.37. The first kappa shape index (κ1) is 41.0. The van der Waals surface area contributed by atoms with Crippen LogP contribution in [0, 0.1) is 0 Å². The van der Waals surface area contributed by atoms with Gasteiger partial charge in [0.05, 0.1) is 28.4 Å². The molecule has 0 unspecified atom stereocenters. The zero-order chi connectivity index (χ0) is 44.1. The molecule has 4 N–H and O–H groups in total. The molecule has 0 radical (unpaired) electrons. The Morgan fingerprint density at radius 1 is 0.422 bits per heavy atom. The largest absolute Gasteiger partial charge is 0.508 e. The van der Waals surface area contributed by atoms with E-state index < -0.39 is 27.5 Å². The van der Waals surface area contributed by atoms with Gasteiger partial charge in [-0.1, -0.05) is 191 Å². The van der Waals surface area contributed by atoms with Gasteiger partial charge in [0.2, 0.25) is 0 Å². The summed E-state index contributed by atoms with van der Waals surface area (Å²) in [5.41, 5.74) is 12.9. The van der Waals surface area contributed by atoms with E-state index in [0.717, 1.165) is 77.9 Å². The highest BCUT2D eigenvalue weighted by molar-refractivity contribution is 8.77. The van der Waals surface area contributed by atoms with E-state index in [1.807, 2.05) is 72.8 Å². The van der Waals surface area contributed by atoms with E-state index in [1.54, 1.807) is 24.3 Å². The van der Waals surface area contributed by atoms with Gasteiger partial charge in [-0.3, -0.25) is 9.59 Å². The molecule has 0 spiro atoms.